The van der Waals surface area contributed by atoms with E-state index in [1.54, 1.807) is 0 Å². The summed E-state index contributed by atoms with van der Waals surface area (Å²) in [5.41, 5.74) is 6.92. The lowest BCUT2D eigenvalue weighted by Crippen LogP contribution is -2.44. The minimum atomic E-state index is -0.411. The van der Waals surface area contributed by atoms with Gasteiger partial charge < -0.3 is 9.84 Å². The van der Waals surface area contributed by atoms with Crippen molar-refractivity contribution in [2.45, 2.75) is 107 Å². The van der Waals surface area contributed by atoms with Crippen molar-refractivity contribution < 1.29 is 9.84 Å². The van der Waals surface area contributed by atoms with Gasteiger partial charge >= 0.3 is 0 Å². The molecule has 228 valence electrons. The van der Waals surface area contributed by atoms with Gasteiger partial charge in [0.2, 0.25) is 0 Å². The minimum Gasteiger partial charge on any atom is -0.483 e. The molecule has 2 heteroatoms. The smallest absolute Gasteiger partial charge is 0.131 e. The Morgan fingerprint density at radius 2 is 1.38 bits per heavy atom. The Kier molecular flexibility index (Phi) is 13.8. The van der Waals surface area contributed by atoms with Gasteiger partial charge in [-0.25, -0.2) is 0 Å². The Morgan fingerprint density at radius 1 is 0.833 bits per heavy atom. The molecule has 1 saturated carbocycles. The number of ether oxygens (including phenoxy) is 1. The van der Waals surface area contributed by atoms with E-state index in [1.807, 2.05) is 0 Å². The van der Waals surface area contributed by atoms with Gasteiger partial charge in [-0.3, -0.25) is 0 Å². The van der Waals surface area contributed by atoms with Crippen LogP contribution in [0.5, 0.6) is 0 Å². The number of fused-ring (bicyclic) bond motifs is 1. The highest BCUT2D eigenvalue weighted by Gasteiger charge is 2.50. The van der Waals surface area contributed by atoms with E-state index in [0.717, 1.165) is 24.2 Å². The summed E-state index contributed by atoms with van der Waals surface area (Å²) in [7, 11) is 0. The molecule has 3 unspecified atom stereocenters. The topological polar surface area (TPSA) is 29.5 Å². The van der Waals surface area contributed by atoms with Crippen molar-refractivity contribution in [3.8, 4) is 0 Å². The Hall–Kier alpha value is -3.10. The second-order valence-corrected chi connectivity index (χ2v) is 13.3. The normalized spacial score (nSPS) is 25.5. The summed E-state index contributed by atoms with van der Waals surface area (Å²) in [6.07, 6.45) is 35.6. The standard InChI is InChI=1S/C40H56O2/c1-30(2)17-13-20-33(5)22-15-24-34(6)23-14-21-31(3)18-11-12-19-32(4)25-16-26-35(7)37-27-38-39(8,9)28-36(41)29-40(38,10)42-37/h11-12,14-19,21-27,33,36,41H,13,20,28-29H2,1-10H3/b18-11+,19-12+,22-15+,23-14+,26-16+,31-21+,32-25+,34-24+,37-35-. The maximum Gasteiger partial charge on any atom is 0.131 e. The van der Waals surface area contributed by atoms with Crippen molar-refractivity contribution in [1.29, 1.82) is 0 Å². The molecule has 1 heterocycles. The number of aliphatic hydroxyl groups excluding tert-OH is 1. The molecule has 0 bridgehead atoms. The summed E-state index contributed by atoms with van der Waals surface area (Å²) >= 11 is 0. The molecule has 0 aromatic heterocycles. The molecule has 1 fully saturated rings. The van der Waals surface area contributed by atoms with E-state index in [2.05, 4.69) is 160 Å². The third-order valence-electron chi connectivity index (χ3n) is 7.90. The molecular weight excluding hydrogens is 512 g/mol. The summed E-state index contributed by atoms with van der Waals surface area (Å²) in [6.45, 7) is 21.5. The van der Waals surface area contributed by atoms with E-state index in [1.165, 1.54) is 34.3 Å². The Balaban J connectivity index is 1.87. The molecule has 1 aliphatic heterocycles. The van der Waals surface area contributed by atoms with Crippen LogP contribution in [0.15, 0.2) is 130 Å². The lowest BCUT2D eigenvalue weighted by molar-refractivity contribution is -0.0305. The zero-order chi connectivity index (χ0) is 31.3. The third-order valence-corrected chi connectivity index (χ3v) is 7.90. The Morgan fingerprint density at radius 3 is 1.98 bits per heavy atom. The SMILES string of the molecule is CC(C)=CCCC(C)/C=C/C=C(C)/C=C/C=C(C)/C=C/C=C/C(C)=C/C=C/C(C)=C1/C=C2C(C)(C)CC(O)CC2(C)O1. The quantitative estimate of drug-likeness (QED) is 0.187. The molecule has 2 rings (SSSR count). The van der Waals surface area contributed by atoms with E-state index < -0.39 is 5.60 Å². The predicted molar refractivity (Wildman–Crippen MR) is 184 cm³/mol. The van der Waals surface area contributed by atoms with Crippen LogP contribution < -0.4 is 0 Å². The van der Waals surface area contributed by atoms with Gasteiger partial charge in [0, 0.05) is 6.42 Å². The highest BCUT2D eigenvalue weighted by Crippen LogP contribution is 2.52. The van der Waals surface area contributed by atoms with Gasteiger partial charge in [-0.15, -0.1) is 0 Å². The van der Waals surface area contributed by atoms with Crippen LogP contribution in [0.25, 0.3) is 0 Å². The number of rotatable bonds is 12. The van der Waals surface area contributed by atoms with E-state index in [0.29, 0.717) is 12.3 Å². The molecule has 0 aromatic rings. The first kappa shape index (κ1) is 35.1. The highest BCUT2D eigenvalue weighted by atomic mass is 16.5. The Bertz CT molecular complexity index is 1260. The summed E-state index contributed by atoms with van der Waals surface area (Å²) in [6, 6.07) is 0. The predicted octanol–water partition coefficient (Wildman–Crippen LogP) is 11.2. The maximum atomic E-state index is 10.4. The number of allylic oxidation sites excluding steroid dienone is 20. The van der Waals surface area contributed by atoms with Gasteiger partial charge in [-0.1, -0.05) is 128 Å². The van der Waals surface area contributed by atoms with Crippen LogP contribution in [0, 0.1) is 11.3 Å². The molecule has 3 atom stereocenters. The zero-order valence-corrected chi connectivity index (χ0v) is 28.0. The van der Waals surface area contributed by atoms with Crippen LogP contribution in [0.4, 0.5) is 0 Å². The molecule has 2 nitrogen and oxygen atoms in total. The summed E-state index contributed by atoms with van der Waals surface area (Å²) in [4.78, 5) is 0. The second kappa shape index (κ2) is 16.5. The van der Waals surface area contributed by atoms with Crippen LogP contribution in [0.1, 0.15) is 94.9 Å². The van der Waals surface area contributed by atoms with Crippen LogP contribution in [-0.2, 0) is 4.74 Å². The number of hydrogen-bond donors (Lipinski definition) is 1. The fourth-order valence-corrected chi connectivity index (χ4v) is 5.58. The summed E-state index contributed by atoms with van der Waals surface area (Å²) < 4.78 is 6.38. The monoisotopic (exact) mass is 568 g/mol. The summed E-state index contributed by atoms with van der Waals surface area (Å²) in [5, 5.41) is 10.4. The van der Waals surface area contributed by atoms with E-state index in [-0.39, 0.29) is 11.5 Å². The van der Waals surface area contributed by atoms with Gasteiger partial charge in [-0.05, 0) is 96.3 Å². The Labute approximate surface area is 257 Å². The molecular formula is C40H56O2. The van der Waals surface area contributed by atoms with Gasteiger partial charge in [0.05, 0.1) is 6.10 Å². The molecule has 0 amide bonds. The molecule has 0 saturated heterocycles. The van der Waals surface area contributed by atoms with Crippen LogP contribution in [0.3, 0.4) is 0 Å². The average molecular weight is 569 g/mol. The molecule has 42 heavy (non-hydrogen) atoms. The van der Waals surface area contributed by atoms with Crippen molar-refractivity contribution in [3.63, 3.8) is 0 Å². The number of hydrogen-bond acceptors (Lipinski definition) is 2. The van der Waals surface area contributed by atoms with Crippen molar-refractivity contribution >= 4 is 0 Å². The van der Waals surface area contributed by atoms with Gasteiger partial charge in [-0.2, -0.15) is 0 Å². The van der Waals surface area contributed by atoms with Gasteiger partial charge in [0.1, 0.15) is 11.4 Å². The van der Waals surface area contributed by atoms with Crippen LogP contribution in [-0.4, -0.2) is 16.8 Å². The largest absolute Gasteiger partial charge is 0.483 e. The van der Waals surface area contributed by atoms with Crippen molar-refractivity contribution in [2.24, 2.45) is 11.3 Å². The minimum absolute atomic E-state index is 0.0614. The third kappa shape index (κ3) is 12.0. The number of aliphatic hydroxyl groups is 1. The second-order valence-electron chi connectivity index (χ2n) is 13.3. The van der Waals surface area contributed by atoms with Crippen molar-refractivity contribution in [3.05, 3.63) is 130 Å². The fourth-order valence-electron chi connectivity index (χ4n) is 5.58. The van der Waals surface area contributed by atoms with Crippen LogP contribution >= 0.6 is 0 Å². The first-order valence-corrected chi connectivity index (χ1v) is 15.6. The lowest BCUT2D eigenvalue weighted by Gasteiger charge is -2.44. The molecule has 0 spiro atoms. The van der Waals surface area contributed by atoms with E-state index in [4.69, 9.17) is 4.74 Å². The van der Waals surface area contributed by atoms with Crippen molar-refractivity contribution in [1.82, 2.24) is 0 Å². The van der Waals surface area contributed by atoms with Gasteiger partial charge in [0.15, 0.2) is 0 Å². The molecule has 2 aliphatic rings. The molecule has 1 aliphatic carbocycles. The first-order valence-electron chi connectivity index (χ1n) is 15.6. The fraction of sp³-hybridized carbons (Fsp3) is 0.450. The van der Waals surface area contributed by atoms with Gasteiger partial charge in [0.25, 0.3) is 0 Å². The van der Waals surface area contributed by atoms with Crippen LogP contribution in [0.2, 0.25) is 0 Å². The molecule has 0 radical (unpaired) electrons. The summed E-state index contributed by atoms with van der Waals surface area (Å²) in [5.74, 6) is 1.50. The zero-order valence-electron chi connectivity index (χ0n) is 28.0. The van der Waals surface area contributed by atoms with E-state index >= 15 is 0 Å². The molecule has 1 N–H and O–H groups in total. The maximum absolute atomic E-state index is 10.4. The average Bonchev–Trinajstić information content (AvgIpc) is 3.24. The first-order chi connectivity index (χ1) is 19.7. The van der Waals surface area contributed by atoms with E-state index in [9.17, 15) is 5.11 Å². The lowest BCUT2D eigenvalue weighted by atomic mass is 9.65. The molecule has 0 aromatic carbocycles. The highest BCUT2D eigenvalue weighted by molar-refractivity contribution is 5.43. The van der Waals surface area contributed by atoms with Crippen molar-refractivity contribution in [2.75, 3.05) is 0 Å².